The van der Waals surface area contributed by atoms with E-state index in [1.807, 2.05) is 12.1 Å². The van der Waals surface area contributed by atoms with Gasteiger partial charge in [-0.15, -0.1) is 0 Å². The summed E-state index contributed by atoms with van der Waals surface area (Å²) in [6.07, 6.45) is 3.05. The van der Waals surface area contributed by atoms with E-state index in [9.17, 15) is 9.59 Å². The first-order valence-corrected chi connectivity index (χ1v) is 10.5. The fourth-order valence-electron chi connectivity index (χ4n) is 3.82. The van der Waals surface area contributed by atoms with Crippen molar-refractivity contribution >= 4 is 29.1 Å². The van der Waals surface area contributed by atoms with Crippen LogP contribution in [-0.2, 0) is 9.53 Å². The fraction of sp³-hybridized carbons (Fsp3) is 0.409. The number of nitrogens with one attached hydrogen (secondary N) is 2. The summed E-state index contributed by atoms with van der Waals surface area (Å²) in [5, 5.41) is 5.75. The predicted octanol–water partition coefficient (Wildman–Crippen LogP) is 2.56. The largest absolute Gasteiger partial charge is 0.497 e. The Morgan fingerprint density at radius 3 is 2.45 bits per heavy atom. The standard InChI is InChI=1S/C22H27N5O4/c1-30-18-7-4-16(5-8-18)24-21(28)19-3-2-10-27(19)22(29)25-17-6-9-20(23-15-17)26-11-13-31-14-12-26/h4-9,15,19H,2-3,10-14H2,1H3,(H,24,28)(H,25,29)/t19-/m1/s1. The number of hydrogen-bond donors (Lipinski definition) is 2. The highest BCUT2D eigenvalue weighted by Gasteiger charge is 2.34. The lowest BCUT2D eigenvalue weighted by Gasteiger charge is -2.28. The molecule has 1 atom stereocenters. The molecule has 3 amide bonds. The smallest absolute Gasteiger partial charge is 0.322 e. The van der Waals surface area contributed by atoms with Gasteiger partial charge in [0.25, 0.3) is 0 Å². The normalized spacial score (nSPS) is 18.5. The van der Waals surface area contributed by atoms with Gasteiger partial charge in [0.15, 0.2) is 0 Å². The number of carbonyl (C=O) groups is 2. The number of benzene rings is 1. The average Bonchev–Trinajstić information content (AvgIpc) is 3.31. The fourth-order valence-corrected chi connectivity index (χ4v) is 3.82. The molecule has 4 rings (SSSR count). The number of nitrogens with zero attached hydrogens (tertiary/aromatic N) is 3. The summed E-state index contributed by atoms with van der Waals surface area (Å²) >= 11 is 0. The topological polar surface area (TPSA) is 96.0 Å². The van der Waals surface area contributed by atoms with Crippen molar-refractivity contribution in [3.05, 3.63) is 42.6 Å². The van der Waals surface area contributed by atoms with Gasteiger partial charge in [0.2, 0.25) is 5.91 Å². The van der Waals surface area contributed by atoms with Gasteiger partial charge in [0, 0.05) is 25.3 Å². The van der Waals surface area contributed by atoms with Crippen molar-refractivity contribution in [3.8, 4) is 5.75 Å². The molecule has 1 aromatic carbocycles. The second kappa shape index (κ2) is 9.65. The van der Waals surface area contributed by atoms with E-state index in [0.29, 0.717) is 43.3 Å². The van der Waals surface area contributed by atoms with Crippen LogP contribution in [0.5, 0.6) is 5.75 Å². The Labute approximate surface area is 181 Å². The van der Waals surface area contributed by atoms with Crippen molar-refractivity contribution in [2.75, 3.05) is 55.5 Å². The van der Waals surface area contributed by atoms with Crippen LogP contribution in [-0.4, -0.2) is 67.8 Å². The van der Waals surface area contributed by atoms with E-state index in [1.165, 1.54) is 0 Å². The average molecular weight is 425 g/mol. The molecule has 0 saturated carbocycles. The van der Waals surface area contributed by atoms with Crippen LogP contribution in [0.3, 0.4) is 0 Å². The number of rotatable bonds is 5. The first kappa shape index (κ1) is 20.9. The van der Waals surface area contributed by atoms with Crippen molar-refractivity contribution in [2.24, 2.45) is 0 Å². The lowest BCUT2D eigenvalue weighted by Crippen LogP contribution is -2.45. The Balaban J connectivity index is 1.35. The second-order valence-electron chi connectivity index (χ2n) is 7.50. The van der Waals surface area contributed by atoms with Gasteiger partial charge < -0.3 is 29.9 Å². The molecule has 0 aliphatic carbocycles. The van der Waals surface area contributed by atoms with E-state index in [0.717, 1.165) is 25.3 Å². The van der Waals surface area contributed by atoms with Crippen LogP contribution in [0.1, 0.15) is 12.8 Å². The van der Waals surface area contributed by atoms with Crippen LogP contribution in [0.25, 0.3) is 0 Å². The quantitative estimate of drug-likeness (QED) is 0.764. The maximum atomic E-state index is 12.8. The van der Waals surface area contributed by atoms with Crippen molar-refractivity contribution in [1.82, 2.24) is 9.88 Å². The van der Waals surface area contributed by atoms with Crippen LogP contribution >= 0.6 is 0 Å². The highest BCUT2D eigenvalue weighted by atomic mass is 16.5. The summed E-state index contributed by atoms with van der Waals surface area (Å²) in [5.74, 6) is 1.38. The molecule has 2 aromatic rings. The summed E-state index contributed by atoms with van der Waals surface area (Å²) in [5.41, 5.74) is 1.27. The number of ether oxygens (including phenoxy) is 2. The highest BCUT2D eigenvalue weighted by molar-refractivity contribution is 5.99. The minimum absolute atomic E-state index is 0.196. The number of amides is 3. The van der Waals surface area contributed by atoms with Crippen molar-refractivity contribution in [3.63, 3.8) is 0 Å². The molecule has 164 valence electrons. The van der Waals surface area contributed by atoms with Gasteiger partial charge in [0.05, 0.1) is 32.2 Å². The monoisotopic (exact) mass is 425 g/mol. The minimum Gasteiger partial charge on any atom is -0.497 e. The molecule has 2 N–H and O–H groups in total. The SMILES string of the molecule is COc1ccc(NC(=O)[C@H]2CCCN2C(=O)Nc2ccc(N3CCOCC3)nc2)cc1. The van der Waals surface area contributed by atoms with Gasteiger partial charge in [-0.2, -0.15) is 0 Å². The molecular weight excluding hydrogens is 398 g/mol. The number of methoxy groups -OCH3 is 1. The van der Waals surface area contributed by atoms with Gasteiger partial charge in [-0.05, 0) is 49.2 Å². The molecule has 3 heterocycles. The van der Waals surface area contributed by atoms with Crippen LogP contribution in [0, 0.1) is 0 Å². The molecule has 2 aliphatic heterocycles. The number of carbonyl (C=O) groups excluding carboxylic acids is 2. The zero-order valence-electron chi connectivity index (χ0n) is 17.5. The molecule has 1 aromatic heterocycles. The zero-order valence-corrected chi connectivity index (χ0v) is 17.5. The maximum Gasteiger partial charge on any atom is 0.322 e. The summed E-state index contributed by atoms with van der Waals surface area (Å²) in [7, 11) is 1.59. The Morgan fingerprint density at radius 1 is 1.03 bits per heavy atom. The number of likely N-dealkylation sites (tertiary alicyclic amines) is 1. The van der Waals surface area contributed by atoms with E-state index in [4.69, 9.17) is 9.47 Å². The molecule has 0 bridgehead atoms. The first-order chi connectivity index (χ1) is 15.1. The van der Waals surface area contributed by atoms with E-state index in [2.05, 4.69) is 20.5 Å². The number of pyridine rings is 1. The van der Waals surface area contributed by atoms with Crippen LogP contribution in [0.2, 0.25) is 0 Å². The van der Waals surface area contributed by atoms with E-state index in [1.54, 1.807) is 42.5 Å². The Bertz CT molecular complexity index is 897. The number of morpholine rings is 1. The first-order valence-electron chi connectivity index (χ1n) is 10.5. The molecule has 9 heteroatoms. The van der Waals surface area contributed by atoms with Crippen molar-refractivity contribution < 1.29 is 19.1 Å². The van der Waals surface area contributed by atoms with Gasteiger partial charge in [0.1, 0.15) is 17.6 Å². The van der Waals surface area contributed by atoms with Crippen LogP contribution in [0.4, 0.5) is 22.0 Å². The molecule has 2 fully saturated rings. The lowest BCUT2D eigenvalue weighted by atomic mass is 10.2. The Hall–Kier alpha value is -3.33. The van der Waals surface area contributed by atoms with E-state index >= 15 is 0 Å². The summed E-state index contributed by atoms with van der Waals surface area (Å²) in [6.45, 7) is 3.52. The number of anilines is 3. The molecule has 0 unspecified atom stereocenters. The molecule has 9 nitrogen and oxygen atoms in total. The molecule has 2 aliphatic rings. The molecule has 2 saturated heterocycles. The third-order valence-corrected chi connectivity index (χ3v) is 5.51. The van der Waals surface area contributed by atoms with Crippen molar-refractivity contribution in [1.29, 1.82) is 0 Å². The van der Waals surface area contributed by atoms with Crippen LogP contribution < -0.4 is 20.3 Å². The second-order valence-corrected chi connectivity index (χ2v) is 7.50. The predicted molar refractivity (Wildman–Crippen MR) is 118 cm³/mol. The molecule has 0 spiro atoms. The Morgan fingerprint density at radius 2 is 1.77 bits per heavy atom. The zero-order chi connectivity index (χ0) is 21.6. The van der Waals surface area contributed by atoms with Gasteiger partial charge in [-0.3, -0.25) is 4.79 Å². The van der Waals surface area contributed by atoms with Crippen LogP contribution in [0.15, 0.2) is 42.6 Å². The lowest BCUT2D eigenvalue weighted by molar-refractivity contribution is -0.119. The minimum atomic E-state index is -0.511. The summed E-state index contributed by atoms with van der Waals surface area (Å²) in [6, 6.07) is 10.0. The number of urea groups is 1. The summed E-state index contributed by atoms with van der Waals surface area (Å²) < 4.78 is 10.5. The van der Waals surface area contributed by atoms with E-state index < -0.39 is 6.04 Å². The third kappa shape index (κ3) is 5.05. The molecular formula is C22H27N5O4. The third-order valence-electron chi connectivity index (χ3n) is 5.51. The Kier molecular flexibility index (Phi) is 6.51. The highest BCUT2D eigenvalue weighted by Crippen LogP contribution is 2.22. The van der Waals surface area contributed by atoms with Gasteiger partial charge in [-0.1, -0.05) is 0 Å². The van der Waals surface area contributed by atoms with Gasteiger partial charge in [-0.25, -0.2) is 9.78 Å². The number of aromatic nitrogens is 1. The molecule has 31 heavy (non-hydrogen) atoms. The maximum absolute atomic E-state index is 12.8. The van der Waals surface area contributed by atoms with E-state index in [-0.39, 0.29) is 11.9 Å². The van der Waals surface area contributed by atoms with Crippen molar-refractivity contribution in [2.45, 2.75) is 18.9 Å². The molecule has 0 radical (unpaired) electrons. The summed E-state index contributed by atoms with van der Waals surface area (Å²) in [4.78, 5) is 33.8. The number of hydrogen-bond acceptors (Lipinski definition) is 6. The van der Waals surface area contributed by atoms with Gasteiger partial charge >= 0.3 is 6.03 Å².